The molecule has 8 unspecified atom stereocenters. The number of esters is 2. The maximum Gasteiger partial charge on any atom is 0.341 e. The van der Waals surface area contributed by atoms with Crippen LogP contribution in [0.4, 0.5) is 0 Å². The summed E-state index contributed by atoms with van der Waals surface area (Å²) in [7, 11) is 0. The Labute approximate surface area is 313 Å². The van der Waals surface area contributed by atoms with Crippen molar-refractivity contribution in [3.8, 4) is 0 Å². The second-order valence-electron chi connectivity index (χ2n) is 13.0. The van der Waals surface area contributed by atoms with Crippen molar-refractivity contribution in [2.24, 2.45) is 11.8 Å². The molecule has 0 bridgehead atoms. The lowest BCUT2D eigenvalue weighted by Gasteiger charge is -2.24. The Morgan fingerprint density at radius 3 is 1.23 bits per heavy atom. The standard InChI is InChI=1S/C40H70O12/c1-11-15-19-35(13-3)27-43-23-25-45-29(5)47-31(7)49-33(9)51-39(41)37-21-17-18-22-38(37)40(42)52-34(10)50-32(8)48-30(6)46-26-24-44-28-36(14-4)20-16-12-2/h17-18,21-22,29-36H,11-16,19-20,23-28H2,1-10H3. The third-order valence-electron chi connectivity index (χ3n) is 8.40. The summed E-state index contributed by atoms with van der Waals surface area (Å²) < 4.78 is 56.7. The number of carbonyl (C=O) groups excluding carboxylic acids is 2. The lowest BCUT2D eigenvalue weighted by Crippen LogP contribution is -2.30. The van der Waals surface area contributed by atoms with Crippen LogP contribution in [0.5, 0.6) is 0 Å². The minimum Gasteiger partial charge on any atom is -0.432 e. The summed E-state index contributed by atoms with van der Waals surface area (Å²) in [5.41, 5.74) is 0.0363. The van der Waals surface area contributed by atoms with Gasteiger partial charge in [-0.3, -0.25) is 0 Å². The van der Waals surface area contributed by atoms with Crippen LogP contribution in [0.15, 0.2) is 24.3 Å². The predicted octanol–water partition coefficient (Wildman–Crippen LogP) is 8.64. The maximum absolute atomic E-state index is 13.1. The van der Waals surface area contributed by atoms with E-state index >= 15 is 0 Å². The largest absolute Gasteiger partial charge is 0.432 e. The molecule has 0 aliphatic heterocycles. The number of unbranched alkanes of at least 4 members (excludes halogenated alkanes) is 2. The van der Waals surface area contributed by atoms with Gasteiger partial charge < -0.3 is 47.4 Å². The van der Waals surface area contributed by atoms with Gasteiger partial charge in [0, 0.05) is 13.2 Å². The van der Waals surface area contributed by atoms with Gasteiger partial charge in [-0.05, 0) is 78.4 Å². The quantitative estimate of drug-likeness (QED) is 0.0398. The van der Waals surface area contributed by atoms with E-state index < -0.39 is 49.7 Å². The molecule has 52 heavy (non-hydrogen) atoms. The van der Waals surface area contributed by atoms with E-state index in [1.54, 1.807) is 53.7 Å². The first-order valence-corrected chi connectivity index (χ1v) is 19.4. The molecule has 0 aliphatic carbocycles. The van der Waals surface area contributed by atoms with Gasteiger partial charge in [-0.2, -0.15) is 0 Å². The van der Waals surface area contributed by atoms with Gasteiger partial charge in [-0.15, -0.1) is 0 Å². The zero-order valence-corrected chi connectivity index (χ0v) is 33.7. The molecule has 0 heterocycles. The summed E-state index contributed by atoms with van der Waals surface area (Å²) in [6, 6.07) is 6.20. The van der Waals surface area contributed by atoms with Crippen molar-refractivity contribution >= 4 is 11.9 Å². The molecule has 0 amide bonds. The van der Waals surface area contributed by atoms with Gasteiger partial charge in [0.2, 0.25) is 12.6 Å². The molecule has 0 aliphatic rings. The zero-order valence-electron chi connectivity index (χ0n) is 33.7. The Morgan fingerprint density at radius 2 is 0.885 bits per heavy atom. The fourth-order valence-corrected chi connectivity index (χ4v) is 5.39. The third-order valence-corrected chi connectivity index (χ3v) is 8.40. The predicted molar refractivity (Wildman–Crippen MR) is 199 cm³/mol. The SMILES string of the molecule is CCCCC(CC)COCCOC(C)OC(C)OC(C)OC(=O)c1ccccc1C(=O)OC(C)OC(C)OC(C)OCCOCC(CC)CCCC. The second kappa shape index (κ2) is 29.2. The fraction of sp³-hybridized carbons (Fsp3) is 0.800. The van der Waals surface area contributed by atoms with Crippen molar-refractivity contribution < 1.29 is 57.0 Å². The molecule has 0 spiro atoms. The molecule has 0 aromatic heterocycles. The second-order valence-corrected chi connectivity index (χ2v) is 13.0. The number of rotatable bonds is 32. The summed E-state index contributed by atoms with van der Waals surface area (Å²) in [6.45, 7) is 21.9. The number of carbonyl (C=O) groups is 2. The molecular weight excluding hydrogens is 672 g/mol. The van der Waals surface area contributed by atoms with Crippen molar-refractivity contribution in [2.45, 2.75) is 158 Å². The van der Waals surface area contributed by atoms with Gasteiger partial charge in [-0.1, -0.05) is 78.4 Å². The molecular formula is C40H70O12. The molecule has 0 N–H and O–H groups in total. The molecule has 1 rings (SSSR count). The maximum atomic E-state index is 13.1. The van der Waals surface area contributed by atoms with Crippen LogP contribution in [0.3, 0.4) is 0 Å². The van der Waals surface area contributed by atoms with Crippen LogP contribution in [0, 0.1) is 11.8 Å². The zero-order chi connectivity index (χ0) is 38.7. The number of hydrogen-bond donors (Lipinski definition) is 0. The molecule has 8 atom stereocenters. The van der Waals surface area contributed by atoms with Crippen molar-refractivity contribution in [3.05, 3.63) is 35.4 Å². The number of ether oxygens (including phenoxy) is 10. The molecule has 302 valence electrons. The summed E-state index contributed by atoms with van der Waals surface area (Å²) in [4.78, 5) is 26.1. The van der Waals surface area contributed by atoms with E-state index in [1.807, 2.05) is 0 Å². The fourth-order valence-electron chi connectivity index (χ4n) is 5.39. The van der Waals surface area contributed by atoms with Crippen LogP contribution in [-0.2, 0) is 47.4 Å². The lowest BCUT2D eigenvalue weighted by molar-refractivity contribution is -0.272. The molecule has 0 fully saturated rings. The van der Waals surface area contributed by atoms with E-state index in [4.69, 9.17) is 47.4 Å². The van der Waals surface area contributed by atoms with Gasteiger partial charge in [0.25, 0.3) is 0 Å². The molecule has 0 saturated carbocycles. The number of benzene rings is 1. The molecule has 0 radical (unpaired) electrons. The summed E-state index contributed by atoms with van der Waals surface area (Å²) in [6.07, 6.45) is 4.79. The van der Waals surface area contributed by atoms with Gasteiger partial charge in [-0.25, -0.2) is 9.59 Å². The average Bonchev–Trinajstić information content (AvgIpc) is 3.10. The molecule has 1 aromatic rings. The Bertz CT molecular complexity index is 974. The first-order valence-electron chi connectivity index (χ1n) is 19.4. The highest BCUT2D eigenvalue weighted by Gasteiger charge is 2.24. The molecule has 12 heteroatoms. The van der Waals surface area contributed by atoms with Crippen LogP contribution < -0.4 is 0 Å². The summed E-state index contributed by atoms with van der Waals surface area (Å²) >= 11 is 0. The van der Waals surface area contributed by atoms with E-state index in [9.17, 15) is 9.59 Å². The monoisotopic (exact) mass is 742 g/mol. The lowest BCUT2D eigenvalue weighted by atomic mass is 10.0. The highest BCUT2D eigenvalue weighted by atomic mass is 16.8. The third kappa shape index (κ3) is 22.1. The van der Waals surface area contributed by atoms with E-state index in [1.165, 1.54) is 50.7 Å². The topological polar surface area (TPSA) is 126 Å². The van der Waals surface area contributed by atoms with Crippen molar-refractivity contribution in [1.29, 1.82) is 0 Å². The van der Waals surface area contributed by atoms with E-state index in [0.717, 1.165) is 26.1 Å². The van der Waals surface area contributed by atoms with E-state index in [-0.39, 0.29) is 11.1 Å². The number of hydrogen-bond acceptors (Lipinski definition) is 12. The normalized spacial score (nSPS) is 16.3. The minimum atomic E-state index is -0.980. The van der Waals surface area contributed by atoms with Crippen molar-refractivity contribution in [3.63, 3.8) is 0 Å². The van der Waals surface area contributed by atoms with Gasteiger partial charge in [0.1, 0.15) is 0 Å². The Kier molecular flexibility index (Phi) is 26.9. The van der Waals surface area contributed by atoms with E-state index in [0.29, 0.717) is 38.3 Å². The first-order chi connectivity index (χ1) is 24.9. The van der Waals surface area contributed by atoms with Gasteiger partial charge in [0.15, 0.2) is 25.2 Å². The van der Waals surface area contributed by atoms with E-state index in [2.05, 4.69) is 27.7 Å². The highest BCUT2D eigenvalue weighted by Crippen LogP contribution is 2.17. The van der Waals surface area contributed by atoms with Crippen LogP contribution in [-0.4, -0.2) is 89.3 Å². The smallest absolute Gasteiger partial charge is 0.341 e. The highest BCUT2D eigenvalue weighted by molar-refractivity contribution is 6.03. The van der Waals surface area contributed by atoms with Crippen LogP contribution >= 0.6 is 0 Å². The van der Waals surface area contributed by atoms with Crippen LogP contribution in [0.25, 0.3) is 0 Å². The summed E-state index contributed by atoms with van der Waals surface area (Å²) in [5.74, 6) is -0.380. The summed E-state index contributed by atoms with van der Waals surface area (Å²) in [5, 5.41) is 0. The average molecular weight is 743 g/mol. The Balaban J connectivity index is 2.44. The van der Waals surface area contributed by atoms with Crippen molar-refractivity contribution in [1.82, 2.24) is 0 Å². The van der Waals surface area contributed by atoms with Gasteiger partial charge in [0.05, 0.1) is 37.6 Å². The van der Waals surface area contributed by atoms with Crippen molar-refractivity contribution in [2.75, 3.05) is 39.6 Å². The Morgan fingerprint density at radius 1 is 0.519 bits per heavy atom. The molecule has 1 aromatic carbocycles. The van der Waals surface area contributed by atoms with Gasteiger partial charge >= 0.3 is 11.9 Å². The van der Waals surface area contributed by atoms with Crippen LogP contribution in [0.2, 0.25) is 0 Å². The minimum absolute atomic E-state index is 0.0181. The van der Waals surface area contributed by atoms with Crippen LogP contribution in [0.1, 0.15) is 141 Å². The Hall–Kier alpha value is -2.16. The molecule has 12 nitrogen and oxygen atoms in total. The molecule has 0 saturated heterocycles. The first kappa shape index (κ1) is 47.9.